The van der Waals surface area contributed by atoms with Crippen molar-refractivity contribution in [2.24, 2.45) is 5.92 Å². The Morgan fingerprint density at radius 2 is 1.76 bits per heavy atom. The van der Waals surface area contributed by atoms with Crippen molar-refractivity contribution in [3.8, 4) is 0 Å². The largest absolute Gasteiger partial charge is 0.381 e. The molecule has 1 unspecified atom stereocenters. The molecule has 1 aliphatic heterocycles. The maximum absolute atomic E-state index is 5.51. The first-order valence-corrected chi connectivity index (χ1v) is 8.50. The summed E-state index contributed by atoms with van der Waals surface area (Å²) in [6, 6.07) is 5.15. The lowest BCUT2D eigenvalue weighted by Gasteiger charge is -2.29. The van der Waals surface area contributed by atoms with Gasteiger partial charge in [0, 0.05) is 19.3 Å². The highest BCUT2D eigenvalue weighted by molar-refractivity contribution is 5.39. The topological polar surface area (TPSA) is 21.3 Å². The molecule has 2 heteroatoms. The summed E-state index contributed by atoms with van der Waals surface area (Å²) >= 11 is 0. The van der Waals surface area contributed by atoms with Gasteiger partial charge in [-0.05, 0) is 75.6 Å². The smallest absolute Gasteiger partial charge is 0.0468 e. The summed E-state index contributed by atoms with van der Waals surface area (Å²) in [7, 11) is 0. The number of rotatable bonds is 6. The van der Waals surface area contributed by atoms with Crippen molar-refractivity contribution in [1.29, 1.82) is 0 Å². The zero-order chi connectivity index (χ0) is 15.2. The van der Waals surface area contributed by atoms with E-state index in [0.29, 0.717) is 6.04 Å². The quantitative estimate of drug-likeness (QED) is 0.834. The van der Waals surface area contributed by atoms with Crippen LogP contribution in [0.15, 0.2) is 12.1 Å². The van der Waals surface area contributed by atoms with E-state index < -0.39 is 0 Å². The van der Waals surface area contributed by atoms with E-state index in [9.17, 15) is 0 Å². The summed E-state index contributed by atoms with van der Waals surface area (Å²) in [6.07, 6.45) is 4.87. The molecule has 2 nitrogen and oxygen atoms in total. The fourth-order valence-corrected chi connectivity index (χ4v) is 3.68. The predicted molar refractivity (Wildman–Crippen MR) is 89.8 cm³/mol. The SMILES string of the molecule is CCCNC(CC1CCOCC1)c1c(C)cc(C)cc1C. The van der Waals surface area contributed by atoms with E-state index in [1.54, 1.807) is 0 Å². The number of hydrogen-bond acceptors (Lipinski definition) is 2. The van der Waals surface area contributed by atoms with Crippen molar-refractivity contribution >= 4 is 0 Å². The first kappa shape index (κ1) is 16.5. The van der Waals surface area contributed by atoms with Crippen LogP contribution in [0, 0.1) is 26.7 Å². The van der Waals surface area contributed by atoms with Gasteiger partial charge in [-0.1, -0.05) is 24.6 Å². The molecule has 1 N–H and O–H groups in total. The van der Waals surface area contributed by atoms with Crippen LogP contribution >= 0.6 is 0 Å². The molecule has 0 amide bonds. The second kappa shape index (κ2) is 7.95. The van der Waals surface area contributed by atoms with Gasteiger partial charge < -0.3 is 10.1 Å². The minimum absolute atomic E-state index is 0.494. The fourth-order valence-electron chi connectivity index (χ4n) is 3.68. The van der Waals surface area contributed by atoms with E-state index in [2.05, 4.69) is 45.1 Å². The van der Waals surface area contributed by atoms with Gasteiger partial charge in [0.05, 0.1) is 0 Å². The van der Waals surface area contributed by atoms with Gasteiger partial charge in [0.15, 0.2) is 0 Å². The van der Waals surface area contributed by atoms with Crippen LogP contribution in [-0.2, 0) is 4.74 Å². The van der Waals surface area contributed by atoms with E-state index in [0.717, 1.165) is 25.7 Å². The number of nitrogens with one attached hydrogen (secondary N) is 1. The Bertz CT molecular complexity index is 426. The molecule has 0 spiro atoms. The molecule has 21 heavy (non-hydrogen) atoms. The van der Waals surface area contributed by atoms with Crippen molar-refractivity contribution in [2.45, 2.75) is 59.4 Å². The van der Waals surface area contributed by atoms with Gasteiger partial charge in [0.2, 0.25) is 0 Å². The lowest BCUT2D eigenvalue weighted by Crippen LogP contribution is -2.28. The van der Waals surface area contributed by atoms with Crippen molar-refractivity contribution in [2.75, 3.05) is 19.8 Å². The molecular formula is C19H31NO. The maximum atomic E-state index is 5.51. The number of ether oxygens (including phenoxy) is 1. The lowest BCUT2D eigenvalue weighted by atomic mass is 9.85. The predicted octanol–water partition coefficient (Wildman–Crippen LogP) is 4.47. The van der Waals surface area contributed by atoms with Crippen LogP contribution in [-0.4, -0.2) is 19.8 Å². The molecule has 2 rings (SSSR count). The van der Waals surface area contributed by atoms with Crippen LogP contribution in [0.5, 0.6) is 0 Å². The zero-order valence-electron chi connectivity index (χ0n) is 14.2. The second-order valence-corrected chi connectivity index (χ2v) is 6.61. The molecule has 1 aliphatic rings. The van der Waals surface area contributed by atoms with Crippen LogP contribution in [0.3, 0.4) is 0 Å². The Balaban J connectivity index is 2.18. The number of hydrogen-bond donors (Lipinski definition) is 1. The molecule has 0 saturated carbocycles. The second-order valence-electron chi connectivity index (χ2n) is 6.61. The highest BCUT2D eigenvalue weighted by Gasteiger charge is 2.22. The Labute approximate surface area is 130 Å². The van der Waals surface area contributed by atoms with Gasteiger partial charge in [-0.25, -0.2) is 0 Å². The van der Waals surface area contributed by atoms with Gasteiger partial charge in [0.25, 0.3) is 0 Å². The van der Waals surface area contributed by atoms with Crippen LogP contribution < -0.4 is 5.32 Å². The Morgan fingerprint density at radius 1 is 1.14 bits per heavy atom. The number of benzene rings is 1. The zero-order valence-corrected chi connectivity index (χ0v) is 14.2. The minimum Gasteiger partial charge on any atom is -0.381 e. The van der Waals surface area contributed by atoms with Crippen molar-refractivity contribution in [1.82, 2.24) is 5.32 Å². The average Bonchev–Trinajstić information content (AvgIpc) is 2.44. The third-order valence-electron chi connectivity index (χ3n) is 4.64. The number of aryl methyl sites for hydroxylation is 3. The van der Waals surface area contributed by atoms with E-state index >= 15 is 0 Å². The van der Waals surface area contributed by atoms with Crippen LogP contribution in [0.1, 0.15) is 60.9 Å². The first-order chi connectivity index (χ1) is 10.1. The van der Waals surface area contributed by atoms with Gasteiger partial charge >= 0.3 is 0 Å². The summed E-state index contributed by atoms with van der Waals surface area (Å²) in [5.41, 5.74) is 5.77. The molecule has 0 aliphatic carbocycles. The molecule has 118 valence electrons. The van der Waals surface area contributed by atoms with Gasteiger partial charge in [-0.3, -0.25) is 0 Å². The van der Waals surface area contributed by atoms with Crippen molar-refractivity contribution in [3.63, 3.8) is 0 Å². The molecule has 0 bridgehead atoms. The molecule has 1 aromatic rings. The summed E-state index contributed by atoms with van der Waals surface area (Å²) in [5.74, 6) is 0.799. The van der Waals surface area contributed by atoms with Crippen LogP contribution in [0.25, 0.3) is 0 Å². The summed E-state index contributed by atoms with van der Waals surface area (Å²) < 4.78 is 5.51. The Kier molecular flexibility index (Phi) is 6.25. The van der Waals surface area contributed by atoms with Crippen molar-refractivity contribution < 1.29 is 4.74 Å². The monoisotopic (exact) mass is 289 g/mol. The standard InChI is InChI=1S/C19H31NO/c1-5-8-20-18(13-17-6-9-21-10-7-17)19-15(3)11-14(2)12-16(19)4/h11-12,17-18,20H,5-10,13H2,1-4H3. The molecule has 1 heterocycles. The van der Waals surface area contributed by atoms with Gasteiger partial charge in [-0.2, -0.15) is 0 Å². The van der Waals surface area contributed by atoms with E-state index in [-0.39, 0.29) is 0 Å². The van der Waals surface area contributed by atoms with Gasteiger partial charge in [-0.15, -0.1) is 0 Å². The van der Waals surface area contributed by atoms with E-state index in [4.69, 9.17) is 4.74 Å². The molecule has 0 radical (unpaired) electrons. The third-order valence-corrected chi connectivity index (χ3v) is 4.64. The summed E-state index contributed by atoms with van der Waals surface area (Å²) in [5, 5.41) is 3.79. The molecule has 1 atom stereocenters. The first-order valence-electron chi connectivity index (χ1n) is 8.50. The van der Waals surface area contributed by atoms with Gasteiger partial charge in [0.1, 0.15) is 0 Å². The highest BCUT2D eigenvalue weighted by atomic mass is 16.5. The van der Waals surface area contributed by atoms with E-state index in [1.807, 2.05) is 0 Å². The Hall–Kier alpha value is -0.860. The molecule has 1 saturated heterocycles. The van der Waals surface area contributed by atoms with Crippen molar-refractivity contribution in [3.05, 3.63) is 34.4 Å². The summed E-state index contributed by atoms with van der Waals surface area (Å²) in [6.45, 7) is 11.9. The molecular weight excluding hydrogens is 258 g/mol. The third kappa shape index (κ3) is 4.55. The normalized spacial score (nSPS) is 17.9. The lowest BCUT2D eigenvalue weighted by molar-refractivity contribution is 0.0605. The maximum Gasteiger partial charge on any atom is 0.0468 e. The van der Waals surface area contributed by atoms with Crippen LogP contribution in [0.4, 0.5) is 0 Å². The van der Waals surface area contributed by atoms with E-state index in [1.165, 1.54) is 47.9 Å². The highest BCUT2D eigenvalue weighted by Crippen LogP contribution is 2.31. The minimum atomic E-state index is 0.494. The Morgan fingerprint density at radius 3 is 2.33 bits per heavy atom. The molecule has 0 aromatic heterocycles. The van der Waals surface area contributed by atoms with Crippen LogP contribution in [0.2, 0.25) is 0 Å². The summed E-state index contributed by atoms with van der Waals surface area (Å²) in [4.78, 5) is 0. The fraction of sp³-hybridized carbons (Fsp3) is 0.684. The molecule has 1 fully saturated rings. The average molecular weight is 289 g/mol. The molecule has 1 aromatic carbocycles.